The average molecular weight is 322 g/mol. The van der Waals surface area contributed by atoms with Crippen molar-refractivity contribution in [3.05, 3.63) is 20.8 Å². The van der Waals surface area contributed by atoms with E-state index in [4.69, 9.17) is 15.2 Å². The fourth-order valence-corrected chi connectivity index (χ4v) is 3.07. The Labute approximate surface area is 113 Å². The van der Waals surface area contributed by atoms with Crippen molar-refractivity contribution < 1.29 is 14.3 Å². The number of hydrogen-bond acceptors (Lipinski definition) is 4. The molecule has 0 bridgehead atoms. The topological polar surface area (TPSA) is 61.6 Å². The molecule has 0 aliphatic heterocycles. The van der Waals surface area contributed by atoms with Crippen molar-refractivity contribution in [2.45, 2.75) is 18.9 Å². The highest BCUT2D eigenvalue weighted by atomic mass is 79.9. The number of carbonyl (C=O) groups excluding carboxylic acids is 1. The molecule has 1 amide bonds. The van der Waals surface area contributed by atoms with Crippen LogP contribution >= 0.6 is 27.3 Å². The fraction of sp³-hybridized carbons (Fsp3) is 0.545. The molecule has 1 rings (SSSR count). The summed E-state index contributed by atoms with van der Waals surface area (Å²) in [7, 11) is 1.53. The molecule has 96 valence electrons. The number of methoxy groups -OCH3 is 1. The first-order chi connectivity index (χ1) is 8.05. The predicted molar refractivity (Wildman–Crippen MR) is 71.2 cm³/mol. The van der Waals surface area contributed by atoms with Crippen LogP contribution in [0.4, 0.5) is 0 Å². The Morgan fingerprint density at radius 1 is 1.59 bits per heavy atom. The first kappa shape index (κ1) is 14.6. The van der Waals surface area contributed by atoms with Gasteiger partial charge in [-0.15, -0.1) is 0 Å². The quantitative estimate of drug-likeness (QED) is 0.835. The van der Waals surface area contributed by atoms with Crippen LogP contribution in [0, 0.1) is 0 Å². The number of thiophene rings is 1. The second kappa shape index (κ2) is 6.49. The van der Waals surface area contributed by atoms with E-state index in [2.05, 4.69) is 15.9 Å². The third kappa shape index (κ3) is 3.51. The Morgan fingerprint density at radius 2 is 2.29 bits per heavy atom. The largest absolute Gasteiger partial charge is 0.381 e. The Balaban J connectivity index is 2.96. The minimum absolute atomic E-state index is 0.151. The van der Waals surface area contributed by atoms with Crippen LogP contribution in [-0.2, 0) is 20.7 Å². The van der Waals surface area contributed by atoms with Gasteiger partial charge in [0.05, 0.1) is 6.61 Å². The van der Waals surface area contributed by atoms with Crippen LogP contribution in [0.3, 0.4) is 0 Å². The summed E-state index contributed by atoms with van der Waals surface area (Å²) in [5.41, 5.74) is 5.36. The lowest BCUT2D eigenvalue weighted by atomic mass is 9.95. The van der Waals surface area contributed by atoms with Crippen molar-refractivity contribution in [1.29, 1.82) is 0 Å². The van der Waals surface area contributed by atoms with E-state index in [0.717, 1.165) is 10.0 Å². The summed E-state index contributed by atoms with van der Waals surface area (Å²) in [6, 6.07) is 0. The number of halogens is 1. The lowest BCUT2D eigenvalue weighted by Crippen LogP contribution is -2.51. The zero-order chi connectivity index (χ0) is 12.9. The second-order valence-corrected chi connectivity index (χ2v) is 5.24. The van der Waals surface area contributed by atoms with Crippen molar-refractivity contribution in [1.82, 2.24) is 0 Å². The van der Waals surface area contributed by atoms with Gasteiger partial charge < -0.3 is 15.2 Å². The Morgan fingerprint density at radius 3 is 2.71 bits per heavy atom. The molecule has 1 heterocycles. The van der Waals surface area contributed by atoms with Crippen molar-refractivity contribution in [3.8, 4) is 0 Å². The van der Waals surface area contributed by atoms with Crippen LogP contribution in [0.15, 0.2) is 15.2 Å². The Kier molecular flexibility index (Phi) is 5.58. The van der Waals surface area contributed by atoms with Crippen molar-refractivity contribution in [2.24, 2.45) is 5.73 Å². The monoisotopic (exact) mass is 321 g/mol. The molecule has 17 heavy (non-hydrogen) atoms. The van der Waals surface area contributed by atoms with Gasteiger partial charge in [0.15, 0.2) is 5.60 Å². The maximum atomic E-state index is 11.6. The normalized spacial score (nSPS) is 14.5. The molecule has 4 nitrogen and oxygen atoms in total. The van der Waals surface area contributed by atoms with E-state index in [1.54, 1.807) is 11.3 Å². The van der Waals surface area contributed by atoms with Gasteiger partial charge in [-0.2, -0.15) is 11.3 Å². The first-order valence-corrected chi connectivity index (χ1v) is 6.92. The second-order valence-electron chi connectivity index (χ2n) is 3.65. The molecule has 0 aliphatic rings. The summed E-state index contributed by atoms with van der Waals surface area (Å²) in [5, 5.41) is 3.93. The summed E-state index contributed by atoms with van der Waals surface area (Å²) in [6.07, 6.45) is 0.411. The molecule has 0 aromatic carbocycles. The number of carbonyl (C=O) groups is 1. The van der Waals surface area contributed by atoms with E-state index in [-0.39, 0.29) is 6.61 Å². The van der Waals surface area contributed by atoms with Crippen molar-refractivity contribution in [2.75, 3.05) is 20.3 Å². The standard InChI is InChI=1S/C11H16BrNO3S/c1-3-16-11(7-15-2,10(13)14)4-8-5-17-6-9(8)12/h5-6H,3-4,7H2,1-2H3,(H2,13,14). The van der Waals surface area contributed by atoms with Crippen molar-refractivity contribution >= 4 is 33.2 Å². The van der Waals surface area contributed by atoms with Crippen LogP contribution in [0.1, 0.15) is 12.5 Å². The summed E-state index contributed by atoms with van der Waals surface area (Å²) >= 11 is 4.99. The number of ether oxygens (including phenoxy) is 2. The van der Waals surface area contributed by atoms with E-state index in [1.165, 1.54) is 7.11 Å². The van der Waals surface area contributed by atoms with Gasteiger partial charge in [0.2, 0.25) is 0 Å². The molecular weight excluding hydrogens is 306 g/mol. The van der Waals surface area contributed by atoms with Gasteiger partial charge in [0.1, 0.15) is 0 Å². The Bertz CT molecular complexity index is 375. The molecular formula is C11H16BrNO3S. The highest BCUT2D eigenvalue weighted by molar-refractivity contribution is 9.10. The molecule has 1 unspecified atom stereocenters. The number of hydrogen-bond donors (Lipinski definition) is 1. The first-order valence-electron chi connectivity index (χ1n) is 5.19. The molecule has 0 spiro atoms. The number of rotatable bonds is 7. The maximum absolute atomic E-state index is 11.6. The molecule has 0 radical (unpaired) electrons. The van der Waals surface area contributed by atoms with Gasteiger partial charge in [0.25, 0.3) is 5.91 Å². The van der Waals surface area contributed by atoms with E-state index >= 15 is 0 Å². The van der Waals surface area contributed by atoms with Crippen LogP contribution in [-0.4, -0.2) is 31.8 Å². The summed E-state index contributed by atoms with van der Waals surface area (Å²) in [6.45, 7) is 2.39. The molecule has 2 N–H and O–H groups in total. The predicted octanol–water partition coefficient (Wildman–Crippen LogP) is 1.96. The van der Waals surface area contributed by atoms with Crippen LogP contribution < -0.4 is 5.73 Å². The zero-order valence-corrected chi connectivity index (χ0v) is 12.3. The number of nitrogens with two attached hydrogens (primary N) is 1. The van der Waals surface area contributed by atoms with Gasteiger partial charge in [-0.05, 0) is 33.8 Å². The van der Waals surface area contributed by atoms with Gasteiger partial charge in [-0.1, -0.05) is 0 Å². The van der Waals surface area contributed by atoms with Crippen LogP contribution in [0.25, 0.3) is 0 Å². The van der Waals surface area contributed by atoms with E-state index < -0.39 is 11.5 Å². The van der Waals surface area contributed by atoms with Gasteiger partial charge in [0, 0.05) is 30.0 Å². The molecule has 0 saturated carbocycles. The van der Waals surface area contributed by atoms with Gasteiger partial charge in [-0.3, -0.25) is 4.79 Å². The fourth-order valence-electron chi connectivity index (χ4n) is 1.62. The van der Waals surface area contributed by atoms with E-state index in [1.807, 2.05) is 17.7 Å². The summed E-state index contributed by atoms with van der Waals surface area (Å²) in [5.74, 6) is -0.501. The Hall–Kier alpha value is -0.430. The molecule has 1 aromatic rings. The highest BCUT2D eigenvalue weighted by Crippen LogP contribution is 2.27. The molecule has 1 aromatic heterocycles. The third-order valence-electron chi connectivity index (χ3n) is 2.41. The maximum Gasteiger partial charge on any atom is 0.252 e. The SMILES string of the molecule is CCOC(COC)(Cc1cscc1Br)C(N)=O. The molecule has 0 fully saturated rings. The third-order valence-corrected chi connectivity index (χ3v) is 4.25. The molecule has 1 atom stereocenters. The molecule has 0 saturated heterocycles. The lowest BCUT2D eigenvalue weighted by Gasteiger charge is -2.29. The molecule has 6 heteroatoms. The minimum atomic E-state index is -1.09. The van der Waals surface area contributed by atoms with E-state index in [0.29, 0.717) is 13.0 Å². The number of primary amides is 1. The summed E-state index contributed by atoms with van der Waals surface area (Å²) < 4.78 is 11.6. The van der Waals surface area contributed by atoms with Gasteiger partial charge in [-0.25, -0.2) is 0 Å². The van der Waals surface area contributed by atoms with Crippen molar-refractivity contribution in [3.63, 3.8) is 0 Å². The highest BCUT2D eigenvalue weighted by Gasteiger charge is 2.38. The number of amides is 1. The zero-order valence-electron chi connectivity index (χ0n) is 9.86. The van der Waals surface area contributed by atoms with E-state index in [9.17, 15) is 4.79 Å². The average Bonchev–Trinajstić information content (AvgIpc) is 2.64. The summed E-state index contributed by atoms with van der Waals surface area (Å²) in [4.78, 5) is 11.6. The minimum Gasteiger partial charge on any atom is -0.381 e. The van der Waals surface area contributed by atoms with Gasteiger partial charge >= 0.3 is 0 Å². The van der Waals surface area contributed by atoms with Crippen LogP contribution in [0.2, 0.25) is 0 Å². The lowest BCUT2D eigenvalue weighted by molar-refractivity contribution is -0.150. The smallest absolute Gasteiger partial charge is 0.252 e. The van der Waals surface area contributed by atoms with Crippen LogP contribution in [0.5, 0.6) is 0 Å². The molecule has 0 aliphatic carbocycles.